The number of carbonyl (C=O) groups is 1. The lowest BCUT2D eigenvalue weighted by Crippen LogP contribution is -2.23. The second-order valence-electron chi connectivity index (χ2n) is 4.74. The minimum Gasteiger partial charge on any atom is -0.479 e. The standard InChI is InChI=1S/C16H15NO6/c1-11(16(18)19)22-14-7-2-3-8-15(14)23-13-6-4-5-12(9-10-13)17(20)21/h2-5,7-11H,6H2,1H3,(H,18,19). The number of carboxylic acid groups (broad SMARTS) is 1. The number of para-hydroxylation sites is 2. The summed E-state index contributed by atoms with van der Waals surface area (Å²) in [6.07, 6.45) is 5.23. The molecular weight excluding hydrogens is 302 g/mol. The highest BCUT2D eigenvalue weighted by molar-refractivity contribution is 5.72. The van der Waals surface area contributed by atoms with Crippen molar-refractivity contribution in [3.05, 3.63) is 70.1 Å². The Morgan fingerprint density at radius 3 is 2.65 bits per heavy atom. The molecule has 120 valence electrons. The molecule has 1 unspecified atom stereocenters. The maximum Gasteiger partial charge on any atom is 0.344 e. The van der Waals surface area contributed by atoms with E-state index in [2.05, 4.69) is 0 Å². The quantitative estimate of drug-likeness (QED) is 0.639. The fourth-order valence-corrected chi connectivity index (χ4v) is 1.81. The summed E-state index contributed by atoms with van der Waals surface area (Å²) in [6.45, 7) is 1.42. The van der Waals surface area contributed by atoms with Gasteiger partial charge in [0.15, 0.2) is 17.6 Å². The van der Waals surface area contributed by atoms with E-state index in [1.54, 1.807) is 30.3 Å². The molecule has 1 atom stereocenters. The topological polar surface area (TPSA) is 98.9 Å². The van der Waals surface area contributed by atoms with Gasteiger partial charge in [-0.05, 0) is 25.1 Å². The van der Waals surface area contributed by atoms with Crippen LogP contribution in [0.1, 0.15) is 13.3 Å². The van der Waals surface area contributed by atoms with Gasteiger partial charge in [-0.25, -0.2) is 4.79 Å². The molecule has 0 spiro atoms. The molecule has 1 aliphatic carbocycles. The predicted molar refractivity (Wildman–Crippen MR) is 81.7 cm³/mol. The lowest BCUT2D eigenvalue weighted by atomic mass is 10.3. The van der Waals surface area contributed by atoms with Crippen LogP contribution in [0.15, 0.2) is 60.0 Å². The summed E-state index contributed by atoms with van der Waals surface area (Å²) in [5.41, 5.74) is -0.0346. The van der Waals surface area contributed by atoms with Crippen LogP contribution in [-0.4, -0.2) is 22.1 Å². The second-order valence-corrected chi connectivity index (χ2v) is 4.74. The molecule has 2 rings (SSSR count). The first-order chi connectivity index (χ1) is 11.0. The molecule has 0 saturated heterocycles. The molecule has 0 bridgehead atoms. The first kappa shape index (κ1) is 16.3. The zero-order valence-electron chi connectivity index (χ0n) is 12.3. The SMILES string of the molecule is CC(Oc1ccccc1OC1=CC=C([N+](=O)[O-])C=CC1)C(=O)O. The van der Waals surface area contributed by atoms with E-state index in [1.807, 2.05) is 0 Å². The Morgan fingerprint density at radius 1 is 1.30 bits per heavy atom. The highest BCUT2D eigenvalue weighted by atomic mass is 16.6. The number of allylic oxidation sites excluding steroid dienone is 4. The van der Waals surface area contributed by atoms with Gasteiger partial charge in [-0.3, -0.25) is 10.1 Å². The maximum atomic E-state index is 10.9. The Bertz CT molecular complexity index is 704. The minimum atomic E-state index is -1.09. The lowest BCUT2D eigenvalue weighted by Gasteiger charge is -2.15. The van der Waals surface area contributed by atoms with Gasteiger partial charge < -0.3 is 14.6 Å². The van der Waals surface area contributed by atoms with Gasteiger partial charge in [-0.15, -0.1) is 0 Å². The summed E-state index contributed by atoms with van der Waals surface area (Å²) < 4.78 is 11.0. The molecular formula is C16H15NO6. The predicted octanol–water partition coefficient (Wildman–Crippen LogP) is 2.92. The third kappa shape index (κ3) is 4.44. The number of benzene rings is 1. The summed E-state index contributed by atoms with van der Waals surface area (Å²) in [7, 11) is 0. The van der Waals surface area contributed by atoms with Crippen LogP contribution in [0.4, 0.5) is 0 Å². The van der Waals surface area contributed by atoms with Crippen LogP contribution in [0.3, 0.4) is 0 Å². The van der Waals surface area contributed by atoms with Crippen molar-refractivity contribution in [2.75, 3.05) is 0 Å². The van der Waals surface area contributed by atoms with E-state index in [0.29, 0.717) is 17.9 Å². The third-order valence-corrected chi connectivity index (χ3v) is 3.00. The number of ether oxygens (including phenoxy) is 2. The van der Waals surface area contributed by atoms with E-state index in [4.69, 9.17) is 14.6 Å². The lowest BCUT2D eigenvalue weighted by molar-refractivity contribution is -0.419. The normalized spacial score (nSPS) is 15.0. The van der Waals surface area contributed by atoms with Gasteiger partial charge in [-0.1, -0.05) is 18.2 Å². The first-order valence-electron chi connectivity index (χ1n) is 6.85. The largest absolute Gasteiger partial charge is 0.479 e. The van der Waals surface area contributed by atoms with E-state index < -0.39 is 17.0 Å². The molecule has 7 nitrogen and oxygen atoms in total. The zero-order valence-corrected chi connectivity index (χ0v) is 12.3. The number of hydrogen-bond acceptors (Lipinski definition) is 5. The minimum absolute atomic E-state index is 0.0346. The average Bonchev–Trinajstić information content (AvgIpc) is 2.74. The second kappa shape index (κ2) is 7.26. The van der Waals surface area contributed by atoms with Gasteiger partial charge in [-0.2, -0.15) is 0 Å². The molecule has 0 aromatic heterocycles. The van der Waals surface area contributed by atoms with Gasteiger partial charge in [0.25, 0.3) is 5.70 Å². The van der Waals surface area contributed by atoms with Crippen LogP contribution in [0.25, 0.3) is 0 Å². The van der Waals surface area contributed by atoms with Crippen molar-refractivity contribution < 1.29 is 24.3 Å². The molecule has 0 amide bonds. The smallest absolute Gasteiger partial charge is 0.344 e. The number of aliphatic carboxylic acids is 1. The molecule has 0 aliphatic heterocycles. The molecule has 7 heteroatoms. The Kier molecular flexibility index (Phi) is 5.14. The van der Waals surface area contributed by atoms with Crippen molar-refractivity contribution in [3.8, 4) is 11.5 Å². The van der Waals surface area contributed by atoms with Crippen LogP contribution in [0.5, 0.6) is 11.5 Å². The van der Waals surface area contributed by atoms with Crippen molar-refractivity contribution in [3.63, 3.8) is 0 Å². The van der Waals surface area contributed by atoms with Gasteiger partial charge in [0.05, 0.1) is 4.92 Å². The van der Waals surface area contributed by atoms with Crippen LogP contribution in [0, 0.1) is 10.1 Å². The van der Waals surface area contributed by atoms with E-state index in [-0.39, 0.29) is 11.4 Å². The van der Waals surface area contributed by atoms with Gasteiger partial charge in [0.2, 0.25) is 0 Å². The molecule has 0 saturated carbocycles. The fourth-order valence-electron chi connectivity index (χ4n) is 1.81. The highest BCUT2D eigenvalue weighted by Gasteiger charge is 2.16. The van der Waals surface area contributed by atoms with Crippen LogP contribution in [0.2, 0.25) is 0 Å². The number of nitro groups is 1. The van der Waals surface area contributed by atoms with E-state index >= 15 is 0 Å². The van der Waals surface area contributed by atoms with Crippen LogP contribution >= 0.6 is 0 Å². The van der Waals surface area contributed by atoms with Crippen molar-refractivity contribution in [2.24, 2.45) is 0 Å². The van der Waals surface area contributed by atoms with Crippen molar-refractivity contribution >= 4 is 5.97 Å². The summed E-state index contributed by atoms with van der Waals surface area (Å²) in [5.74, 6) is 0.0281. The number of carboxylic acids is 1. The average molecular weight is 317 g/mol. The van der Waals surface area contributed by atoms with E-state index in [1.165, 1.54) is 25.2 Å². The molecule has 0 heterocycles. The number of hydrogen-bond donors (Lipinski definition) is 1. The molecule has 1 aliphatic rings. The molecule has 1 N–H and O–H groups in total. The number of nitrogens with zero attached hydrogens (tertiary/aromatic N) is 1. The van der Waals surface area contributed by atoms with Crippen LogP contribution < -0.4 is 9.47 Å². The fraction of sp³-hybridized carbons (Fsp3) is 0.188. The Balaban J connectivity index is 2.19. The third-order valence-electron chi connectivity index (χ3n) is 3.00. The highest BCUT2D eigenvalue weighted by Crippen LogP contribution is 2.30. The van der Waals surface area contributed by atoms with Gasteiger partial charge in [0.1, 0.15) is 5.76 Å². The summed E-state index contributed by atoms with van der Waals surface area (Å²) in [6, 6.07) is 6.65. The summed E-state index contributed by atoms with van der Waals surface area (Å²) in [5, 5.41) is 19.7. The van der Waals surface area contributed by atoms with Crippen molar-refractivity contribution in [1.29, 1.82) is 0 Å². The Morgan fingerprint density at radius 2 is 2.00 bits per heavy atom. The Labute approximate surface area is 132 Å². The zero-order chi connectivity index (χ0) is 16.8. The van der Waals surface area contributed by atoms with Crippen molar-refractivity contribution in [2.45, 2.75) is 19.4 Å². The van der Waals surface area contributed by atoms with Crippen molar-refractivity contribution in [1.82, 2.24) is 0 Å². The van der Waals surface area contributed by atoms with Crippen LogP contribution in [-0.2, 0) is 4.79 Å². The summed E-state index contributed by atoms with van der Waals surface area (Å²) >= 11 is 0. The molecule has 0 radical (unpaired) electrons. The summed E-state index contributed by atoms with van der Waals surface area (Å²) in [4.78, 5) is 21.2. The monoisotopic (exact) mass is 317 g/mol. The molecule has 1 aromatic carbocycles. The van der Waals surface area contributed by atoms with Gasteiger partial charge in [0, 0.05) is 18.6 Å². The van der Waals surface area contributed by atoms with E-state index in [9.17, 15) is 14.9 Å². The Hall–Kier alpha value is -3.09. The maximum absolute atomic E-state index is 10.9. The van der Waals surface area contributed by atoms with Gasteiger partial charge >= 0.3 is 5.97 Å². The van der Waals surface area contributed by atoms with E-state index in [0.717, 1.165) is 0 Å². The first-order valence-corrected chi connectivity index (χ1v) is 6.85. The number of rotatable bonds is 6. The molecule has 23 heavy (non-hydrogen) atoms. The molecule has 1 aromatic rings. The molecule has 0 fully saturated rings.